The van der Waals surface area contributed by atoms with Crippen molar-refractivity contribution in [2.24, 2.45) is 0 Å². The van der Waals surface area contributed by atoms with Gasteiger partial charge < -0.3 is 10.6 Å². The number of nitrogens with one attached hydrogen (secondary N) is 2. The van der Waals surface area contributed by atoms with Crippen LogP contribution in [0, 0.1) is 0 Å². The Morgan fingerprint density at radius 2 is 2.29 bits per heavy atom. The van der Waals surface area contributed by atoms with Crippen molar-refractivity contribution in [3.8, 4) is 0 Å². The SMILES string of the molecule is CCN(CC(=O)Nc1ccccc1SC)C1CCCNC1. The lowest BCUT2D eigenvalue weighted by atomic mass is 10.1. The first kappa shape index (κ1) is 16.3. The van der Waals surface area contributed by atoms with Gasteiger partial charge in [-0.1, -0.05) is 19.1 Å². The van der Waals surface area contributed by atoms with Crippen molar-refractivity contribution in [2.75, 3.05) is 37.8 Å². The summed E-state index contributed by atoms with van der Waals surface area (Å²) in [5, 5.41) is 6.46. The minimum Gasteiger partial charge on any atom is -0.324 e. The van der Waals surface area contributed by atoms with Gasteiger partial charge in [-0.25, -0.2) is 0 Å². The summed E-state index contributed by atoms with van der Waals surface area (Å²) in [6.45, 7) is 5.58. The topological polar surface area (TPSA) is 44.4 Å². The molecule has 0 spiro atoms. The molecule has 1 aliphatic rings. The number of amides is 1. The molecule has 1 heterocycles. The molecular formula is C16H25N3OS. The Labute approximate surface area is 131 Å². The van der Waals surface area contributed by atoms with E-state index < -0.39 is 0 Å². The summed E-state index contributed by atoms with van der Waals surface area (Å²) in [4.78, 5) is 15.7. The molecule has 4 nitrogen and oxygen atoms in total. The molecule has 0 saturated carbocycles. The largest absolute Gasteiger partial charge is 0.324 e. The second kappa shape index (κ2) is 8.41. The molecule has 1 aromatic rings. The maximum Gasteiger partial charge on any atom is 0.238 e. The van der Waals surface area contributed by atoms with Gasteiger partial charge in [0.15, 0.2) is 0 Å². The Hall–Kier alpha value is -1.04. The van der Waals surface area contributed by atoms with E-state index in [9.17, 15) is 4.79 Å². The number of rotatable bonds is 6. The first-order valence-electron chi connectivity index (χ1n) is 7.62. The van der Waals surface area contributed by atoms with E-state index in [0.717, 1.165) is 30.2 Å². The normalized spacial score (nSPS) is 18.7. The van der Waals surface area contributed by atoms with Crippen LogP contribution in [0.2, 0.25) is 0 Å². The number of carbonyl (C=O) groups excluding carboxylic acids is 1. The van der Waals surface area contributed by atoms with Crippen LogP contribution in [-0.2, 0) is 4.79 Å². The number of likely N-dealkylation sites (N-methyl/N-ethyl adjacent to an activating group) is 1. The summed E-state index contributed by atoms with van der Waals surface area (Å²) in [6.07, 6.45) is 4.39. The minimum atomic E-state index is 0.0731. The van der Waals surface area contributed by atoms with Crippen LogP contribution < -0.4 is 10.6 Å². The monoisotopic (exact) mass is 307 g/mol. The Balaban J connectivity index is 1.93. The molecule has 5 heteroatoms. The van der Waals surface area contributed by atoms with Crippen molar-refractivity contribution in [1.29, 1.82) is 0 Å². The molecule has 0 bridgehead atoms. The fourth-order valence-electron chi connectivity index (χ4n) is 2.77. The number of hydrogen-bond acceptors (Lipinski definition) is 4. The number of piperidine rings is 1. The second-order valence-electron chi connectivity index (χ2n) is 5.31. The van der Waals surface area contributed by atoms with Crippen LogP contribution in [0.4, 0.5) is 5.69 Å². The van der Waals surface area contributed by atoms with E-state index in [1.54, 1.807) is 11.8 Å². The van der Waals surface area contributed by atoms with Gasteiger partial charge in [0.2, 0.25) is 5.91 Å². The highest BCUT2D eigenvalue weighted by molar-refractivity contribution is 7.98. The van der Waals surface area contributed by atoms with Gasteiger partial charge in [-0.3, -0.25) is 9.69 Å². The molecule has 1 aromatic carbocycles. The van der Waals surface area contributed by atoms with Gasteiger partial charge in [0.1, 0.15) is 0 Å². The average molecular weight is 307 g/mol. The molecule has 0 aliphatic carbocycles. The van der Waals surface area contributed by atoms with Crippen LogP contribution in [0.3, 0.4) is 0 Å². The Morgan fingerprint density at radius 3 is 2.95 bits per heavy atom. The van der Waals surface area contributed by atoms with Crippen LogP contribution in [0.15, 0.2) is 29.2 Å². The first-order valence-corrected chi connectivity index (χ1v) is 8.84. The Bertz CT molecular complexity index is 461. The van der Waals surface area contributed by atoms with Crippen LogP contribution in [0.5, 0.6) is 0 Å². The summed E-state index contributed by atoms with van der Waals surface area (Å²) in [5.74, 6) is 0.0731. The van der Waals surface area contributed by atoms with Crippen LogP contribution in [0.1, 0.15) is 19.8 Å². The van der Waals surface area contributed by atoms with Crippen molar-refractivity contribution < 1.29 is 4.79 Å². The predicted octanol–water partition coefficient (Wildman–Crippen LogP) is 2.42. The number of benzene rings is 1. The quantitative estimate of drug-likeness (QED) is 0.792. The molecule has 1 saturated heterocycles. The van der Waals surface area contributed by atoms with Gasteiger partial charge in [-0.2, -0.15) is 0 Å². The van der Waals surface area contributed by atoms with Crippen molar-refractivity contribution in [2.45, 2.75) is 30.7 Å². The maximum absolute atomic E-state index is 12.3. The molecule has 116 valence electrons. The molecule has 1 unspecified atom stereocenters. The molecule has 1 amide bonds. The van der Waals surface area contributed by atoms with E-state index in [2.05, 4.69) is 22.5 Å². The standard InChI is InChI=1S/C16H25N3OS/c1-3-19(13-7-6-10-17-11-13)12-16(20)18-14-8-4-5-9-15(14)21-2/h4-5,8-9,13,17H,3,6-7,10-12H2,1-2H3,(H,18,20). The number of nitrogens with zero attached hydrogens (tertiary/aromatic N) is 1. The number of para-hydroxylation sites is 1. The summed E-state index contributed by atoms with van der Waals surface area (Å²) in [6, 6.07) is 8.42. The lowest BCUT2D eigenvalue weighted by molar-refractivity contribution is -0.117. The first-order chi connectivity index (χ1) is 10.2. The minimum absolute atomic E-state index is 0.0731. The third-order valence-electron chi connectivity index (χ3n) is 3.92. The molecule has 2 rings (SSSR count). The molecule has 1 fully saturated rings. The molecule has 1 aliphatic heterocycles. The van der Waals surface area contributed by atoms with Crippen molar-refractivity contribution in [1.82, 2.24) is 10.2 Å². The summed E-state index contributed by atoms with van der Waals surface area (Å²) in [7, 11) is 0. The smallest absolute Gasteiger partial charge is 0.238 e. The lowest BCUT2D eigenvalue weighted by Crippen LogP contribution is -2.48. The van der Waals surface area contributed by atoms with Crippen LogP contribution in [-0.4, -0.2) is 49.3 Å². The Morgan fingerprint density at radius 1 is 1.48 bits per heavy atom. The van der Waals surface area contributed by atoms with Crippen molar-refractivity contribution >= 4 is 23.4 Å². The zero-order valence-electron chi connectivity index (χ0n) is 12.9. The number of anilines is 1. The predicted molar refractivity (Wildman–Crippen MR) is 90.0 cm³/mol. The Kier molecular flexibility index (Phi) is 6.54. The fourth-order valence-corrected chi connectivity index (χ4v) is 3.32. The summed E-state index contributed by atoms with van der Waals surface area (Å²) < 4.78 is 0. The van der Waals surface area contributed by atoms with Crippen LogP contribution in [0.25, 0.3) is 0 Å². The maximum atomic E-state index is 12.3. The molecule has 0 aromatic heterocycles. The third kappa shape index (κ3) is 4.73. The molecule has 21 heavy (non-hydrogen) atoms. The third-order valence-corrected chi connectivity index (χ3v) is 4.72. The van der Waals surface area contributed by atoms with Crippen molar-refractivity contribution in [3.63, 3.8) is 0 Å². The van der Waals surface area contributed by atoms with E-state index in [0.29, 0.717) is 12.6 Å². The van der Waals surface area contributed by atoms with Gasteiger partial charge in [-0.15, -0.1) is 11.8 Å². The molecule has 0 radical (unpaired) electrons. The molecule has 2 N–H and O–H groups in total. The molecule has 1 atom stereocenters. The zero-order valence-corrected chi connectivity index (χ0v) is 13.7. The van der Waals surface area contributed by atoms with E-state index in [1.165, 1.54) is 12.8 Å². The summed E-state index contributed by atoms with van der Waals surface area (Å²) >= 11 is 1.65. The zero-order chi connectivity index (χ0) is 15.1. The molecular weight excluding hydrogens is 282 g/mol. The van der Waals surface area contributed by atoms with Gasteiger partial charge in [0, 0.05) is 17.5 Å². The van der Waals surface area contributed by atoms with E-state index >= 15 is 0 Å². The van der Waals surface area contributed by atoms with Gasteiger partial charge >= 0.3 is 0 Å². The lowest BCUT2D eigenvalue weighted by Gasteiger charge is -2.33. The van der Waals surface area contributed by atoms with E-state index in [1.807, 2.05) is 30.5 Å². The van der Waals surface area contributed by atoms with Crippen molar-refractivity contribution in [3.05, 3.63) is 24.3 Å². The van der Waals surface area contributed by atoms with Gasteiger partial charge in [0.25, 0.3) is 0 Å². The number of carbonyl (C=O) groups is 1. The number of hydrogen-bond donors (Lipinski definition) is 2. The van der Waals surface area contributed by atoms with E-state index in [4.69, 9.17) is 0 Å². The highest BCUT2D eigenvalue weighted by Crippen LogP contribution is 2.24. The van der Waals surface area contributed by atoms with E-state index in [-0.39, 0.29) is 5.91 Å². The van der Waals surface area contributed by atoms with Gasteiger partial charge in [0.05, 0.1) is 12.2 Å². The fraction of sp³-hybridized carbons (Fsp3) is 0.562. The highest BCUT2D eigenvalue weighted by Gasteiger charge is 2.21. The number of thioether (sulfide) groups is 1. The highest BCUT2D eigenvalue weighted by atomic mass is 32.2. The summed E-state index contributed by atoms with van der Waals surface area (Å²) in [5.41, 5.74) is 0.910. The average Bonchev–Trinajstić information content (AvgIpc) is 2.54. The van der Waals surface area contributed by atoms with Crippen LogP contribution >= 0.6 is 11.8 Å². The van der Waals surface area contributed by atoms with Gasteiger partial charge in [-0.05, 0) is 44.3 Å². The second-order valence-corrected chi connectivity index (χ2v) is 6.16.